The summed E-state index contributed by atoms with van der Waals surface area (Å²) in [5.74, 6) is 1.15. The second-order valence-corrected chi connectivity index (χ2v) is 4.31. The lowest BCUT2D eigenvalue weighted by Crippen LogP contribution is -1.99. The molecule has 0 aliphatic heterocycles. The van der Waals surface area contributed by atoms with E-state index in [1.165, 1.54) is 19.3 Å². The monoisotopic (exact) mass is 210 g/mol. The average Bonchev–Trinajstić information content (AvgIpc) is 2.25. The van der Waals surface area contributed by atoms with Crippen LogP contribution in [-0.4, -0.2) is 10.7 Å². The van der Waals surface area contributed by atoms with Crippen molar-refractivity contribution in [2.24, 2.45) is 5.73 Å². The number of thioether (sulfide) groups is 1. The lowest BCUT2D eigenvalue weighted by atomic mass is 10.3. The molecule has 2 N–H and O–H groups in total. The fourth-order valence-corrected chi connectivity index (χ4v) is 2.24. The first kappa shape index (κ1) is 11.5. The Morgan fingerprint density at radius 3 is 3.00 bits per heavy atom. The van der Waals surface area contributed by atoms with Crippen molar-refractivity contribution in [3.63, 3.8) is 0 Å². The molecule has 0 radical (unpaired) electrons. The molecule has 0 atom stereocenters. The Labute approximate surface area is 90.3 Å². The molecule has 0 unspecified atom stereocenters. The third-order valence-electron chi connectivity index (χ3n) is 2.06. The number of aromatic nitrogens is 1. The maximum absolute atomic E-state index is 5.63. The van der Waals surface area contributed by atoms with Gasteiger partial charge < -0.3 is 5.73 Å². The number of rotatable bonds is 6. The Morgan fingerprint density at radius 2 is 2.29 bits per heavy atom. The molecule has 0 saturated carbocycles. The molecular weight excluding hydrogens is 192 g/mol. The van der Waals surface area contributed by atoms with Crippen LogP contribution in [0.1, 0.15) is 31.7 Å². The number of unbranched alkanes of at least 4 members (excludes halogenated alkanes) is 2. The molecule has 0 aliphatic rings. The first-order valence-corrected chi connectivity index (χ1v) is 6.13. The van der Waals surface area contributed by atoms with Crippen LogP contribution in [0, 0.1) is 0 Å². The Balaban J connectivity index is 2.41. The molecule has 1 aromatic heterocycles. The van der Waals surface area contributed by atoms with E-state index in [-0.39, 0.29) is 0 Å². The van der Waals surface area contributed by atoms with E-state index in [0.29, 0.717) is 6.54 Å². The molecule has 14 heavy (non-hydrogen) atoms. The predicted octanol–water partition coefficient (Wildman–Crippen LogP) is 2.82. The lowest BCUT2D eigenvalue weighted by Gasteiger charge is -2.04. The van der Waals surface area contributed by atoms with Gasteiger partial charge in [-0.25, -0.2) is 4.98 Å². The molecule has 0 saturated heterocycles. The third-order valence-corrected chi connectivity index (χ3v) is 3.19. The molecule has 0 amide bonds. The smallest absolute Gasteiger partial charge is 0.100 e. The zero-order chi connectivity index (χ0) is 10.2. The molecule has 0 aliphatic carbocycles. The second-order valence-electron chi connectivity index (χ2n) is 3.23. The SMILES string of the molecule is CCCCCSc1ncccc1CN. The van der Waals surface area contributed by atoms with Crippen LogP contribution in [0.5, 0.6) is 0 Å². The van der Waals surface area contributed by atoms with E-state index in [2.05, 4.69) is 18.0 Å². The highest BCUT2D eigenvalue weighted by Crippen LogP contribution is 2.20. The van der Waals surface area contributed by atoms with Crippen LogP contribution < -0.4 is 5.73 Å². The zero-order valence-corrected chi connectivity index (χ0v) is 9.52. The van der Waals surface area contributed by atoms with Crippen LogP contribution >= 0.6 is 11.8 Å². The van der Waals surface area contributed by atoms with Gasteiger partial charge in [0.25, 0.3) is 0 Å². The van der Waals surface area contributed by atoms with Gasteiger partial charge >= 0.3 is 0 Å². The molecule has 0 aromatic carbocycles. The topological polar surface area (TPSA) is 38.9 Å². The van der Waals surface area contributed by atoms with Crippen molar-refractivity contribution in [1.29, 1.82) is 0 Å². The number of nitrogens with zero attached hydrogens (tertiary/aromatic N) is 1. The van der Waals surface area contributed by atoms with Gasteiger partial charge in [-0.1, -0.05) is 25.8 Å². The number of hydrogen-bond acceptors (Lipinski definition) is 3. The molecule has 0 spiro atoms. The summed E-state index contributed by atoms with van der Waals surface area (Å²) in [4.78, 5) is 4.33. The Kier molecular flexibility index (Phi) is 5.64. The maximum atomic E-state index is 5.63. The summed E-state index contributed by atoms with van der Waals surface area (Å²) in [5.41, 5.74) is 6.79. The minimum absolute atomic E-state index is 0.587. The van der Waals surface area contributed by atoms with Crippen molar-refractivity contribution >= 4 is 11.8 Å². The van der Waals surface area contributed by atoms with Crippen LogP contribution in [0.3, 0.4) is 0 Å². The molecule has 2 nitrogen and oxygen atoms in total. The molecule has 0 bridgehead atoms. The van der Waals surface area contributed by atoms with Gasteiger partial charge in [0.2, 0.25) is 0 Å². The minimum Gasteiger partial charge on any atom is -0.326 e. The molecule has 1 aromatic rings. The first-order chi connectivity index (χ1) is 6.88. The highest BCUT2D eigenvalue weighted by atomic mass is 32.2. The van der Waals surface area contributed by atoms with Crippen molar-refractivity contribution in [2.45, 2.75) is 37.8 Å². The van der Waals surface area contributed by atoms with Crippen molar-refractivity contribution in [3.05, 3.63) is 23.9 Å². The maximum Gasteiger partial charge on any atom is 0.100 e. The summed E-state index contributed by atoms with van der Waals surface area (Å²) in [5, 5.41) is 1.10. The second kappa shape index (κ2) is 6.85. The molecule has 78 valence electrons. The summed E-state index contributed by atoms with van der Waals surface area (Å²) in [6, 6.07) is 3.99. The van der Waals surface area contributed by atoms with Crippen LogP contribution in [0.15, 0.2) is 23.4 Å². The predicted molar refractivity (Wildman–Crippen MR) is 62.4 cm³/mol. The van der Waals surface area contributed by atoms with Crippen molar-refractivity contribution in [1.82, 2.24) is 4.98 Å². The van der Waals surface area contributed by atoms with Gasteiger partial charge in [0.15, 0.2) is 0 Å². The normalized spacial score (nSPS) is 10.4. The molecular formula is C11H18N2S. The number of nitrogens with two attached hydrogens (primary N) is 1. The molecule has 1 heterocycles. The third kappa shape index (κ3) is 3.68. The fourth-order valence-electron chi connectivity index (χ4n) is 1.23. The quantitative estimate of drug-likeness (QED) is 0.579. The summed E-state index contributed by atoms with van der Waals surface area (Å²) in [6.45, 7) is 2.81. The van der Waals surface area contributed by atoms with Crippen LogP contribution in [-0.2, 0) is 6.54 Å². The van der Waals surface area contributed by atoms with Gasteiger partial charge in [-0.05, 0) is 23.8 Å². The largest absolute Gasteiger partial charge is 0.326 e. The van der Waals surface area contributed by atoms with E-state index >= 15 is 0 Å². The highest BCUT2D eigenvalue weighted by molar-refractivity contribution is 7.99. The average molecular weight is 210 g/mol. The zero-order valence-electron chi connectivity index (χ0n) is 8.70. The highest BCUT2D eigenvalue weighted by Gasteiger charge is 2.01. The molecule has 3 heteroatoms. The van der Waals surface area contributed by atoms with Crippen molar-refractivity contribution in [3.8, 4) is 0 Å². The number of hydrogen-bond donors (Lipinski definition) is 1. The van der Waals surface area contributed by atoms with Gasteiger partial charge in [-0.15, -0.1) is 11.8 Å². The summed E-state index contributed by atoms with van der Waals surface area (Å²) in [6.07, 6.45) is 5.67. The van der Waals surface area contributed by atoms with Gasteiger partial charge in [-0.2, -0.15) is 0 Å². The van der Waals surface area contributed by atoms with E-state index in [4.69, 9.17) is 5.73 Å². The first-order valence-electron chi connectivity index (χ1n) is 5.15. The van der Waals surface area contributed by atoms with Crippen molar-refractivity contribution < 1.29 is 0 Å². The van der Waals surface area contributed by atoms with E-state index in [1.54, 1.807) is 0 Å². The summed E-state index contributed by atoms with van der Waals surface area (Å²) < 4.78 is 0. The van der Waals surface area contributed by atoms with E-state index in [9.17, 15) is 0 Å². The van der Waals surface area contributed by atoms with E-state index in [0.717, 1.165) is 16.3 Å². The summed E-state index contributed by atoms with van der Waals surface area (Å²) in [7, 11) is 0. The van der Waals surface area contributed by atoms with Crippen LogP contribution in [0.4, 0.5) is 0 Å². The minimum atomic E-state index is 0.587. The lowest BCUT2D eigenvalue weighted by molar-refractivity contribution is 0.777. The Bertz CT molecular complexity index is 263. The van der Waals surface area contributed by atoms with E-state index in [1.807, 2.05) is 24.0 Å². The molecule has 1 rings (SSSR count). The van der Waals surface area contributed by atoms with E-state index < -0.39 is 0 Å². The van der Waals surface area contributed by atoms with Gasteiger partial charge in [0, 0.05) is 12.7 Å². The standard InChI is InChI=1S/C11H18N2S/c1-2-3-4-8-14-11-10(9-12)6-5-7-13-11/h5-7H,2-4,8-9,12H2,1H3. The van der Waals surface area contributed by atoms with Gasteiger partial charge in [0.05, 0.1) is 0 Å². The van der Waals surface area contributed by atoms with Gasteiger partial charge in [0.1, 0.15) is 5.03 Å². The van der Waals surface area contributed by atoms with Crippen LogP contribution in [0.2, 0.25) is 0 Å². The number of pyridine rings is 1. The summed E-state index contributed by atoms with van der Waals surface area (Å²) >= 11 is 1.82. The fraction of sp³-hybridized carbons (Fsp3) is 0.545. The van der Waals surface area contributed by atoms with Crippen molar-refractivity contribution in [2.75, 3.05) is 5.75 Å². The van der Waals surface area contributed by atoms with Gasteiger partial charge in [-0.3, -0.25) is 0 Å². The Morgan fingerprint density at radius 1 is 1.43 bits per heavy atom. The van der Waals surface area contributed by atoms with Crippen LogP contribution in [0.25, 0.3) is 0 Å². The Hall–Kier alpha value is -0.540. The molecule has 0 fully saturated rings.